The summed E-state index contributed by atoms with van der Waals surface area (Å²) in [5.41, 5.74) is 5.89. The van der Waals surface area contributed by atoms with Gasteiger partial charge in [0.05, 0.1) is 11.9 Å². The van der Waals surface area contributed by atoms with Gasteiger partial charge in [0.1, 0.15) is 0 Å². The molecule has 0 aromatic rings. The minimum atomic E-state index is -0.257. The summed E-state index contributed by atoms with van der Waals surface area (Å²) >= 11 is 1.66. The predicted molar refractivity (Wildman–Crippen MR) is 88.7 cm³/mol. The highest BCUT2D eigenvalue weighted by Gasteiger charge is 2.21. The molecule has 1 aliphatic rings. The number of carbonyl (C=O) groups excluding carboxylic acids is 1. The molecule has 3 N–H and O–H groups in total. The summed E-state index contributed by atoms with van der Waals surface area (Å²) < 4.78 is 5.64. The molecule has 1 fully saturated rings. The zero-order valence-corrected chi connectivity index (χ0v) is 14.3. The molecule has 20 heavy (non-hydrogen) atoms. The summed E-state index contributed by atoms with van der Waals surface area (Å²) in [7, 11) is 0. The Bertz CT molecular complexity index is 270. The summed E-state index contributed by atoms with van der Waals surface area (Å²) in [4.78, 5) is 11.7. The molecule has 1 atom stereocenters. The number of thioether (sulfide) groups is 1. The van der Waals surface area contributed by atoms with E-state index in [1.165, 1.54) is 12.8 Å². The molecule has 1 heterocycles. The lowest BCUT2D eigenvalue weighted by Gasteiger charge is -2.27. The van der Waals surface area contributed by atoms with Crippen molar-refractivity contribution >= 4 is 30.1 Å². The second-order valence-electron chi connectivity index (χ2n) is 5.35. The van der Waals surface area contributed by atoms with Crippen LogP contribution >= 0.6 is 24.2 Å². The fraction of sp³-hybridized carbons (Fsp3) is 0.929. The number of nitrogens with one attached hydrogen (secondary N) is 1. The van der Waals surface area contributed by atoms with E-state index >= 15 is 0 Å². The Balaban J connectivity index is 0.00000361. The Kier molecular flexibility index (Phi) is 10.7. The van der Waals surface area contributed by atoms with E-state index < -0.39 is 0 Å². The molecule has 1 rings (SSSR count). The van der Waals surface area contributed by atoms with Crippen LogP contribution in [0, 0.1) is 0 Å². The van der Waals surface area contributed by atoms with Crippen LogP contribution in [0.2, 0.25) is 0 Å². The molecular weight excluding hydrogens is 296 g/mol. The van der Waals surface area contributed by atoms with Gasteiger partial charge in [0.25, 0.3) is 0 Å². The van der Waals surface area contributed by atoms with E-state index in [4.69, 9.17) is 10.5 Å². The summed E-state index contributed by atoms with van der Waals surface area (Å²) in [6.07, 6.45) is 5.66. The molecule has 0 bridgehead atoms. The number of ether oxygens (including phenoxy) is 1. The molecule has 0 aliphatic carbocycles. The number of hydrogen-bond acceptors (Lipinski definition) is 4. The first-order chi connectivity index (χ1) is 9.09. The SMILES string of the molecule is CCC(N)(CC)CNC(=O)CSCC1CCCCO1.Cl. The average molecular weight is 325 g/mol. The lowest BCUT2D eigenvalue weighted by Crippen LogP contribution is -2.49. The number of hydrogen-bond donors (Lipinski definition) is 2. The molecule has 0 saturated carbocycles. The Hall–Kier alpha value is 0.0300. The van der Waals surface area contributed by atoms with Crippen molar-refractivity contribution in [2.45, 2.75) is 57.6 Å². The third-order valence-electron chi connectivity index (χ3n) is 3.86. The Morgan fingerprint density at radius 2 is 2.10 bits per heavy atom. The van der Waals surface area contributed by atoms with Gasteiger partial charge in [0.15, 0.2) is 0 Å². The fourth-order valence-corrected chi connectivity index (χ4v) is 2.98. The van der Waals surface area contributed by atoms with Crippen molar-refractivity contribution in [3.8, 4) is 0 Å². The number of carbonyl (C=O) groups is 1. The van der Waals surface area contributed by atoms with Crippen molar-refractivity contribution in [3.05, 3.63) is 0 Å². The summed E-state index contributed by atoms with van der Waals surface area (Å²) in [5, 5.41) is 2.94. The lowest BCUT2D eigenvalue weighted by atomic mass is 9.94. The van der Waals surface area contributed by atoms with E-state index in [0.717, 1.165) is 31.6 Å². The lowest BCUT2D eigenvalue weighted by molar-refractivity contribution is -0.118. The Morgan fingerprint density at radius 1 is 1.40 bits per heavy atom. The van der Waals surface area contributed by atoms with Gasteiger partial charge in [-0.15, -0.1) is 24.2 Å². The van der Waals surface area contributed by atoms with Gasteiger partial charge in [-0.2, -0.15) is 0 Å². The van der Waals surface area contributed by atoms with Crippen LogP contribution in [0.4, 0.5) is 0 Å². The largest absolute Gasteiger partial charge is 0.377 e. The first kappa shape index (κ1) is 20.0. The van der Waals surface area contributed by atoms with Crippen molar-refractivity contribution in [1.29, 1.82) is 0 Å². The van der Waals surface area contributed by atoms with Crippen LogP contribution < -0.4 is 11.1 Å². The van der Waals surface area contributed by atoms with Gasteiger partial charge in [-0.3, -0.25) is 4.79 Å². The molecule has 1 saturated heterocycles. The molecule has 6 heteroatoms. The van der Waals surface area contributed by atoms with Gasteiger partial charge < -0.3 is 15.8 Å². The van der Waals surface area contributed by atoms with Gasteiger partial charge in [-0.25, -0.2) is 0 Å². The number of rotatable bonds is 8. The maximum atomic E-state index is 11.7. The van der Waals surface area contributed by atoms with E-state index in [1.54, 1.807) is 11.8 Å². The topological polar surface area (TPSA) is 64.3 Å². The van der Waals surface area contributed by atoms with Crippen molar-refractivity contribution < 1.29 is 9.53 Å². The van der Waals surface area contributed by atoms with E-state index in [9.17, 15) is 4.79 Å². The van der Waals surface area contributed by atoms with Crippen LogP contribution in [0.1, 0.15) is 46.0 Å². The van der Waals surface area contributed by atoms with E-state index in [0.29, 0.717) is 18.4 Å². The standard InChI is InChI=1S/C14H28N2O2S.ClH/c1-3-14(15,4-2)11-16-13(17)10-19-9-12-7-5-6-8-18-12;/h12H,3-11,15H2,1-2H3,(H,16,17);1H. The van der Waals surface area contributed by atoms with Crippen molar-refractivity contribution in [2.24, 2.45) is 5.73 Å². The maximum Gasteiger partial charge on any atom is 0.230 e. The molecule has 0 aromatic carbocycles. The van der Waals surface area contributed by atoms with E-state index in [1.807, 2.05) is 0 Å². The monoisotopic (exact) mass is 324 g/mol. The smallest absolute Gasteiger partial charge is 0.230 e. The van der Waals surface area contributed by atoms with Gasteiger partial charge in [-0.05, 0) is 32.1 Å². The zero-order chi connectivity index (χ0) is 14.1. The van der Waals surface area contributed by atoms with Crippen molar-refractivity contribution in [1.82, 2.24) is 5.32 Å². The van der Waals surface area contributed by atoms with Crippen LogP contribution in [0.3, 0.4) is 0 Å². The molecule has 1 unspecified atom stereocenters. The molecule has 0 radical (unpaired) electrons. The molecule has 0 spiro atoms. The highest BCUT2D eigenvalue weighted by molar-refractivity contribution is 7.99. The zero-order valence-electron chi connectivity index (χ0n) is 12.7. The number of halogens is 1. The molecule has 1 amide bonds. The molecule has 1 aliphatic heterocycles. The Morgan fingerprint density at radius 3 is 2.65 bits per heavy atom. The van der Waals surface area contributed by atoms with Gasteiger partial charge in [0, 0.05) is 24.4 Å². The van der Waals surface area contributed by atoms with Crippen LogP contribution in [0.15, 0.2) is 0 Å². The van der Waals surface area contributed by atoms with Crippen molar-refractivity contribution in [3.63, 3.8) is 0 Å². The van der Waals surface area contributed by atoms with Crippen LogP contribution in [-0.2, 0) is 9.53 Å². The predicted octanol–water partition coefficient (Wildman–Crippen LogP) is 2.34. The van der Waals surface area contributed by atoms with Gasteiger partial charge >= 0.3 is 0 Å². The quantitative estimate of drug-likeness (QED) is 0.719. The van der Waals surface area contributed by atoms with Crippen molar-refractivity contribution in [2.75, 3.05) is 24.7 Å². The second-order valence-corrected chi connectivity index (χ2v) is 6.38. The molecule has 120 valence electrons. The first-order valence-electron chi connectivity index (χ1n) is 7.34. The highest BCUT2D eigenvalue weighted by Crippen LogP contribution is 2.17. The minimum absolute atomic E-state index is 0. The third-order valence-corrected chi connectivity index (χ3v) is 4.93. The fourth-order valence-electron chi connectivity index (χ4n) is 2.05. The number of nitrogens with two attached hydrogens (primary N) is 1. The maximum absolute atomic E-state index is 11.7. The van der Waals surface area contributed by atoms with Crippen LogP contribution in [0.25, 0.3) is 0 Å². The average Bonchev–Trinajstić information content (AvgIpc) is 2.46. The third kappa shape index (κ3) is 7.72. The van der Waals surface area contributed by atoms with E-state index in [-0.39, 0.29) is 23.9 Å². The molecule has 4 nitrogen and oxygen atoms in total. The summed E-state index contributed by atoms with van der Waals surface area (Å²) in [6.45, 7) is 5.56. The van der Waals surface area contributed by atoms with Crippen LogP contribution in [0.5, 0.6) is 0 Å². The molecule has 0 aromatic heterocycles. The number of amides is 1. The normalized spacial score (nSPS) is 19.2. The summed E-state index contributed by atoms with van der Waals surface area (Å²) in [5.74, 6) is 1.50. The van der Waals surface area contributed by atoms with Crippen LogP contribution in [-0.4, -0.2) is 42.2 Å². The minimum Gasteiger partial charge on any atom is -0.377 e. The molecular formula is C14H29ClN2O2S. The van der Waals surface area contributed by atoms with E-state index in [2.05, 4.69) is 19.2 Å². The summed E-state index contributed by atoms with van der Waals surface area (Å²) in [6, 6.07) is 0. The van der Waals surface area contributed by atoms with Gasteiger partial charge in [-0.1, -0.05) is 13.8 Å². The Labute approximate surface area is 133 Å². The van der Waals surface area contributed by atoms with Gasteiger partial charge in [0.2, 0.25) is 5.91 Å². The second kappa shape index (κ2) is 10.7. The first-order valence-corrected chi connectivity index (χ1v) is 8.50. The highest BCUT2D eigenvalue weighted by atomic mass is 35.5.